The number of nitriles is 1. The summed E-state index contributed by atoms with van der Waals surface area (Å²) in [6.07, 6.45) is 3.66. The molecule has 0 amide bonds. The molecule has 0 aliphatic rings. The van der Waals surface area contributed by atoms with Crippen LogP contribution < -0.4 is 0 Å². The number of hydrogen-bond acceptors (Lipinski definition) is 2. The third-order valence-electron chi connectivity index (χ3n) is 3.74. The van der Waals surface area contributed by atoms with Crippen molar-refractivity contribution < 1.29 is 0 Å². The maximum atomic E-state index is 9.39. The van der Waals surface area contributed by atoms with Gasteiger partial charge in [0.05, 0.1) is 22.3 Å². The van der Waals surface area contributed by atoms with E-state index in [9.17, 15) is 5.26 Å². The van der Waals surface area contributed by atoms with Crippen molar-refractivity contribution in [1.29, 1.82) is 5.26 Å². The summed E-state index contributed by atoms with van der Waals surface area (Å²) in [5.41, 5.74) is 3.71. The van der Waals surface area contributed by atoms with E-state index in [1.54, 1.807) is 6.20 Å². The summed E-state index contributed by atoms with van der Waals surface area (Å²) in [5.74, 6) is 0. The molecule has 0 bridgehead atoms. The van der Waals surface area contributed by atoms with Crippen molar-refractivity contribution in [2.24, 2.45) is 0 Å². The van der Waals surface area contributed by atoms with Gasteiger partial charge in [-0.05, 0) is 24.3 Å². The average Bonchev–Trinajstić information content (AvgIpc) is 2.89. The van der Waals surface area contributed by atoms with Gasteiger partial charge in [-0.3, -0.25) is 4.98 Å². The Bertz CT molecular complexity index is 953. The van der Waals surface area contributed by atoms with Gasteiger partial charge in [-0.15, -0.1) is 0 Å². The van der Waals surface area contributed by atoms with Crippen molar-refractivity contribution in [3.8, 4) is 11.8 Å². The zero-order valence-electron chi connectivity index (χ0n) is 11.2. The van der Waals surface area contributed by atoms with Gasteiger partial charge in [0.25, 0.3) is 0 Å². The van der Waals surface area contributed by atoms with Crippen LogP contribution in [0.5, 0.6) is 0 Å². The van der Waals surface area contributed by atoms with Crippen LogP contribution >= 0.6 is 0 Å². The second-order valence-corrected chi connectivity index (χ2v) is 4.87. The molecule has 0 saturated carbocycles. The molecule has 0 N–H and O–H groups in total. The molecule has 4 rings (SSSR count). The molecule has 0 radical (unpaired) electrons. The van der Waals surface area contributed by atoms with Crippen molar-refractivity contribution in [1.82, 2.24) is 9.55 Å². The lowest BCUT2D eigenvalue weighted by molar-refractivity contribution is 1.16. The second kappa shape index (κ2) is 4.46. The summed E-state index contributed by atoms with van der Waals surface area (Å²) < 4.78 is 2.13. The first-order chi connectivity index (χ1) is 10.4. The summed E-state index contributed by atoms with van der Waals surface area (Å²) in [7, 11) is 0. The number of para-hydroxylation sites is 2. The topological polar surface area (TPSA) is 41.6 Å². The van der Waals surface area contributed by atoms with Crippen LogP contribution in [0, 0.1) is 11.3 Å². The first kappa shape index (κ1) is 11.7. The normalized spacial score (nSPS) is 10.8. The van der Waals surface area contributed by atoms with Gasteiger partial charge in [0, 0.05) is 23.2 Å². The maximum absolute atomic E-state index is 9.39. The summed E-state index contributed by atoms with van der Waals surface area (Å²) >= 11 is 0. The Morgan fingerprint density at radius 1 is 0.857 bits per heavy atom. The molecule has 0 spiro atoms. The Balaban J connectivity index is 2.24. The number of hydrogen-bond donors (Lipinski definition) is 0. The number of pyridine rings is 1. The second-order valence-electron chi connectivity index (χ2n) is 4.87. The largest absolute Gasteiger partial charge is 0.308 e. The summed E-state index contributed by atoms with van der Waals surface area (Å²) in [4.78, 5) is 4.23. The molecule has 2 heterocycles. The molecular formula is C18H11N3. The van der Waals surface area contributed by atoms with E-state index in [-0.39, 0.29) is 0 Å². The lowest BCUT2D eigenvalue weighted by Gasteiger charge is -2.09. The lowest BCUT2D eigenvalue weighted by atomic mass is 10.2. The summed E-state index contributed by atoms with van der Waals surface area (Å²) in [6.45, 7) is 0. The zero-order valence-corrected chi connectivity index (χ0v) is 11.2. The van der Waals surface area contributed by atoms with E-state index >= 15 is 0 Å². The molecule has 0 saturated heterocycles. The Kier molecular flexibility index (Phi) is 2.48. The summed E-state index contributed by atoms with van der Waals surface area (Å²) in [5, 5.41) is 11.6. The smallest absolute Gasteiger partial charge is 0.101 e. The van der Waals surface area contributed by atoms with Crippen LogP contribution in [0.4, 0.5) is 0 Å². The van der Waals surface area contributed by atoms with Crippen LogP contribution in [-0.2, 0) is 0 Å². The van der Waals surface area contributed by atoms with E-state index in [0.29, 0.717) is 5.56 Å². The molecule has 0 unspecified atom stereocenters. The van der Waals surface area contributed by atoms with Crippen molar-refractivity contribution in [2.75, 3.05) is 0 Å². The predicted molar refractivity (Wildman–Crippen MR) is 83.3 cm³/mol. The van der Waals surface area contributed by atoms with Crippen LogP contribution in [0.1, 0.15) is 5.56 Å². The molecular weight excluding hydrogens is 258 g/mol. The number of fused-ring (bicyclic) bond motifs is 3. The van der Waals surface area contributed by atoms with E-state index in [4.69, 9.17) is 0 Å². The van der Waals surface area contributed by atoms with Crippen molar-refractivity contribution in [3.63, 3.8) is 0 Å². The fourth-order valence-corrected chi connectivity index (χ4v) is 2.84. The van der Waals surface area contributed by atoms with Gasteiger partial charge < -0.3 is 4.57 Å². The quantitative estimate of drug-likeness (QED) is 0.523. The van der Waals surface area contributed by atoms with Gasteiger partial charge in [0.1, 0.15) is 6.07 Å². The highest BCUT2D eigenvalue weighted by Gasteiger charge is 2.13. The highest BCUT2D eigenvalue weighted by atomic mass is 15.0. The predicted octanol–water partition coefficient (Wildman–Crippen LogP) is 4.05. The molecule has 0 atom stereocenters. The van der Waals surface area contributed by atoms with Crippen LogP contribution in [0.3, 0.4) is 0 Å². The number of aromatic nitrogens is 2. The molecule has 2 aromatic carbocycles. The molecule has 98 valence electrons. The maximum Gasteiger partial charge on any atom is 0.101 e. The van der Waals surface area contributed by atoms with Crippen molar-refractivity contribution in [3.05, 3.63) is 72.6 Å². The fourth-order valence-electron chi connectivity index (χ4n) is 2.84. The SMILES string of the molecule is N#Cc1ccccc1-n1c2ccccc2c2cnccc21. The first-order valence-electron chi connectivity index (χ1n) is 6.73. The van der Waals surface area contributed by atoms with Gasteiger partial charge in [-0.25, -0.2) is 0 Å². The van der Waals surface area contributed by atoms with E-state index in [1.165, 1.54) is 0 Å². The van der Waals surface area contributed by atoms with Crippen LogP contribution in [0.2, 0.25) is 0 Å². The minimum atomic E-state index is 0.664. The van der Waals surface area contributed by atoms with Crippen molar-refractivity contribution in [2.45, 2.75) is 0 Å². The highest BCUT2D eigenvalue weighted by Crippen LogP contribution is 2.31. The fraction of sp³-hybridized carbons (Fsp3) is 0. The molecule has 4 aromatic rings. The van der Waals surface area contributed by atoms with Crippen LogP contribution in [0.15, 0.2) is 67.0 Å². The highest BCUT2D eigenvalue weighted by molar-refractivity contribution is 6.08. The molecule has 3 heteroatoms. The minimum absolute atomic E-state index is 0.664. The Morgan fingerprint density at radius 3 is 2.52 bits per heavy atom. The van der Waals surface area contributed by atoms with Crippen molar-refractivity contribution >= 4 is 21.8 Å². The molecule has 0 aliphatic carbocycles. The first-order valence-corrected chi connectivity index (χ1v) is 6.73. The zero-order chi connectivity index (χ0) is 14.2. The average molecular weight is 269 g/mol. The molecule has 2 aromatic heterocycles. The number of nitrogens with zero attached hydrogens (tertiary/aromatic N) is 3. The van der Waals surface area contributed by atoms with E-state index in [2.05, 4.69) is 27.8 Å². The van der Waals surface area contributed by atoms with Gasteiger partial charge in [0.15, 0.2) is 0 Å². The lowest BCUT2D eigenvalue weighted by Crippen LogP contribution is -1.96. The van der Waals surface area contributed by atoms with Gasteiger partial charge in [0.2, 0.25) is 0 Å². The van der Waals surface area contributed by atoms with Gasteiger partial charge >= 0.3 is 0 Å². The Hall–Kier alpha value is -3.12. The minimum Gasteiger partial charge on any atom is -0.308 e. The molecule has 0 fully saturated rings. The third kappa shape index (κ3) is 1.63. The van der Waals surface area contributed by atoms with Gasteiger partial charge in [-0.1, -0.05) is 30.3 Å². The van der Waals surface area contributed by atoms with E-state index in [0.717, 1.165) is 27.5 Å². The monoisotopic (exact) mass is 269 g/mol. The molecule has 3 nitrogen and oxygen atoms in total. The summed E-state index contributed by atoms with van der Waals surface area (Å²) in [6, 6.07) is 20.1. The van der Waals surface area contributed by atoms with E-state index in [1.807, 2.05) is 48.7 Å². The molecule has 21 heavy (non-hydrogen) atoms. The standard InChI is InChI=1S/C18H11N3/c19-11-13-5-1-3-7-16(13)21-17-8-4-2-6-14(17)15-12-20-10-9-18(15)21/h1-10,12H. The number of benzene rings is 2. The number of rotatable bonds is 1. The third-order valence-corrected chi connectivity index (χ3v) is 3.74. The Morgan fingerprint density at radius 2 is 1.62 bits per heavy atom. The van der Waals surface area contributed by atoms with Crippen LogP contribution in [-0.4, -0.2) is 9.55 Å². The van der Waals surface area contributed by atoms with Crippen LogP contribution in [0.25, 0.3) is 27.5 Å². The Labute approximate surface area is 121 Å². The molecule has 0 aliphatic heterocycles. The van der Waals surface area contributed by atoms with Gasteiger partial charge in [-0.2, -0.15) is 5.26 Å². The van der Waals surface area contributed by atoms with E-state index < -0.39 is 0 Å².